The first-order valence-electron chi connectivity index (χ1n) is 5.25. The van der Waals surface area contributed by atoms with E-state index in [9.17, 15) is 9.18 Å². The maximum absolute atomic E-state index is 12.7. The van der Waals surface area contributed by atoms with Crippen LogP contribution in [0.1, 0.15) is 39.1 Å². The molecule has 2 N–H and O–H groups in total. The molecule has 0 saturated heterocycles. The van der Waals surface area contributed by atoms with Crippen molar-refractivity contribution in [2.24, 2.45) is 5.41 Å². The Bertz CT molecular complexity index is 387. The minimum absolute atomic E-state index is 0.0924. The maximum atomic E-state index is 12.7. The summed E-state index contributed by atoms with van der Waals surface area (Å²) < 4.78 is 12.7. The van der Waals surface area contributed by atoms with Crippen LogP contribution in [0.4, 0.5) is 9.18 Å². The van der Waals surface area contributed by atoms with E-state index in [4.69, 9.17) is 5.11 Å². The number of halogens is 1. The van der Waals surface area contributed by atoms with Gasteiger partial charge in [-0.3, -0.25) is 0 Å². The van der Waals surface area contributed by atoms with Gasteiger partial charge in [0, 0.05) is 0 Å². The molecule has 0 bridgehead atoms. The number of nitrogens with zero attached hydrogens (tertiary/aromatic N) is 2. The average molecular weight is 241 g/mol. The van der Waals surface area contributed by atoms with Crippen LogP contribution in [0, 0.1) is 11.2 Å². The van der Waals surface area contributed by atoms with Gasteiger partial charge in [-0.25, -0.2) is 19.2 Å². The van der Waals surface area contributed by atoms with Gasteiger partial charge in [0.25, 0.3) is 0 Å². The zero-order valence-corrected chi connectivity index (χ0v) is 10.1. The van der Waals surface area contributed by atoms with Crippen LogP contribution in [0.25, 0.3) is 0 Å². The van der Waals surface area contributed by atoms with Crippen molar-refractivity contribution in [3.05, 3.63) is 24.0 Å². The third-order valence-corrected chi connectivity index (χ3v) is 2.07. The van der Waals surface area contributed by atoms with Crippen LogP contribution < -0.4 is 5.32 Å². The first-order valence-corrected chi connectivity index (χ1v) is 5.25. The van der Waals surface area contributed by atoms with Gasteiger partial charge in [-0.05, 0) is 11.8 Å². The largest absolute Gasteiger partial charge is 0.465 e. The summed E-state index contributed by atoms with van der Waals surface area (Å²) in [5, 5.41) is 11.1. The summed E-state index contributed by atoms with van der Waals surface area (Å²) in [6, 6.07) is -0.534. The molecule has 0 aliphatic heterocycles. The van der Waals surface area contributed by atoms with Crippen LogP contribution in [-0.4, -0.2) is 21.2 Å². The first-order chi connectivity index (χ1) is 7.78. The fourth-order valence-electron chi connectivity index (χ4n) is 1.47. The quantitative estimate of drug-likeness (QED) is 0.851. The molecular formula is C11H16FN3O2. The number of hydrogen-bond acceptors (Lipinski definition) is 3. The first kappa shape index (κ1) is 13.3. The highest BCUT2D eigenvalue weighted by Gasteiger charge is 2.23. The number of carboxylic acid groups (broad SMARTS) is 1. The lowest BCUT2D eigenvalue weighted by molar-refractivity contribution is 0.183. The molecule has 0 spiro atoms. The Morgan fingerprint density at radius 1 is 1.47 bits per heavy atom. The van der Waals surface area contributed by atoms with Crippen molar-refractivity contribution in [1.82, 2.24) is 15.3 Å². The molecule has 1 heterocycles. The van der Waals surface area contributed by atoms with E-state index in [1.807, 2.05) is 20.8 Å². The van der Waals surface area contributed by atoms with E-state index in [1.165, 1.54) is 0 Å². The van der Waals surface area contributed by atoms with Gasteiger partial charge in [-0.1, -0.05) is 20.8 Å². The number of nitrogens with one attached hydrogen (secondary N) is 1. The molecule has 0 aliphatic carbocycles. The Morgan fingerprint density at radius 2 is 2.00 bits per heavy atom. The molecule has 0 aromatic carbocycles. The molecule has 0 unspecified atom stereocenters. The van der Waals surface area contributed by atoms with Crippen molar-refractivity contribution in [1.29, 1.82) is 0 Å². The van der Waals surface area contributed by atoms with E-state index < -0.39 is 18.0 Å². The second-order valence-electron chi connectivity index (χ2n) is 5.03. The van der Waals surface area contributed by atoms with Gasteiger partial charge in [0.15, 0.2) is 11.6 Å². The smallest absolute Gasteiger partial charge is 0.405 e. The van der Waals surface area contributed by atoms with Crippen molar-refractivity contribution >= 4 is 6.09 Å². The number of amides is 1. The SMILES string of the molecule is CC(C)(C)C[C@H](NC(=O)O)c1ncc(F)cn1. The van der Waals surface area contributed by atoms with E-state index in [0.29, 0.717) is 6.42 Å². The zero-order chi connectivity index (χ0) is 13.1. The molecule has 5 nitrogen and oxygen atoms in total. The Labute approximate surface area is 99.1 Å². The van der Waals surface area contributed by atoms with E-state index >= 15 is 0 Å². The lowest BCUT2D eigenvalue weighted by Gasteiger charge is -2.24. The lowest BCUT2D eigenvalue weighted by atomic mass is 9.88. The fourth-order valence-corrected chi connectivity index (χ4v) is 1.47. The predicted molar refractivity (Wildman–Crippen MR) is 60.0 cm³/mol. The average Bonchev–Trinajstić information content (AvgIpc) is 2.14. The van der Waals surface area contributed by atoms with Crippen LogP contribution in [0.5, 0.6) is 0 Å². The van der Waals surface area contributed by atoms with Crippen molar-refractivity contribution in [3.8, 4) is 0 Å². The molecular weight excluding hydrogens is 225 g/mol. The lowest BCUT2D eigenvalue weighted by Crippen LogP contribution is -2.31. The molecule has 1 aromatic rings. The topological polar surface area (TPSA) is 75.1 Å². The molecule has 17 heavy (non-hydrogen) atoms. The molecule has 1 rings (SSSR count). The summed E-state index contributed by atoms with van der Waals surface area (Å²) in [4.78, 5) is 18.3. The Morgan fingerprint density at radius 3 is 2.41 bits per heavy atom. The number of aromatic nitrogens is 2. The third-order valence-electron chi connectivity index (χ3n) is 2.07. The third kappa shape index (κ3) is 4.76. The molecule has 1 atom stereocenters. The van der Waals surface area contributed by atoms with Gasteiger partial charge < -0.3 is 10.4 Å². The van der Waals surface area contributed by atoms with Gasteiger partial charge in [0.2, 0.25) is 0 Å². The Balaban J connectivity index is 2.89. The van der Waals surface area contributed by atoms with Crippen LogP contribution >= 0.6 is 0 Å². The summed E-state index contributed by atoms with van der Waals surface area (Å²) in [6.45, 7) is 5.94. The van der Waals surface area contributed by atoms with E-state index in [2.05, 4.69) is 15.3 Å². The number of hydrogen-bond donors (Lipinski definition) is 2. The molecule has 0 aliphatic rings. The highest BCUT2D eigenvalue weighted by atomic mass is 19.1. The van der Waals surface area contributed by atoms with Gasteiger partial charge in [0.1, 0.15) is 0 Å². The number of carbonyl (C=O) groups is 1. The van der Waals surface area contributed by atoms with Crippen molar-refractivity contribution in [2.75, 3.05) is 0 Å². The predicted octanol–water partition coefficient (Wildman–Crippen LogP) is 2.36. The summed E-state index contributed by atoms with van der Waals surface area (Å²) >= 11 is 0. The summed E-state index contributed by atoms with van der Waals surface area (Å²) in [6.07, 6.45) is 1.45. The normalized spacial score (nSPS) is 13.2. The Hall–Kier alpha value is -1.72. The molecule has 0 saturated carbocycles. The van der Waals surface area contributed by atoms with E-state index in [1.54, 1.807) is 0 Å². The molecule has 94 valence electrons. The van der Waals surface area contributed by atoms with Crippen LogP contribution in [0.15, 0.2) is 12.4 Å². The second-order valence-corrected chi connectivity index (χ2v) is 5.03. The van der Waals surface area contributed by atoms with Crippen LogP contribution in [-0.2, 0) is 0 Å². The van der Waals surface area contributed by atoms with E-state index in [-0.39, 0.29) is 11.2 Å². The minimum Gasteiger partial charge on any atom is -0.465 e. The van der Waals surface area contributed by atoms with E-state index in [0.717, 1.165) is 12.4 Å². The standard InChI is InChI=1S/C11H16FN3O2/c1-11(2,3)4-8(15-10(16)17)9-13-5-7(12)6-14-9/h5-6,8,15H,4H2,1-3H3,(H,16,17)/t8-/m0/s1. The molecule has 6 heteroatoms. The van der Waals surface area contributed by atoms with Crippen LogP contribution in [0.2, 0.25) is 0 Å². The Kier molecular flexibility index (Phi) is 3.98. The fraction of sp³-hybridized carbons (Fsp3) is 0.545. The molecule has 0 fully saturated rings. The van der Waals surface area contributed by atoms with Crippen LogP contribution in [0.3, 0.4) is 0 Å². The summed E-state index contributed by atoms with van der Waals surface area (Å²) in [7, 11) is 0. The van der Waals surface area contributed by atoms with Gasteiger partial charge in [-0.15, -0.1) is 0 Å². The summed E-state index contributed by atoms with van der Waals surface area (Å²) in [5.41, 5.74) is -0.0924. The monoisotopic (exact) mass is 241 g/mol. The van der Waals surface area contributed by atoms with Crippen molar-refractivity contribution < 1.29 is 14.3 Å². The van der Waals surface area contributed by atoms with Gasteiger partial charge >= 0.3 is 6.09 Å². The molecule has 1 aromatic heterocycles. The summed E-state index contributed by atoms with van der Waals surface area (Å²) in [5.74, 6) is -0.262. The maximum Gasteiger partial charge on any atom is 0.405 e. The molecule has 1 amide bonds. The number of rotatable bonds is 3. The van der Waals surface area contributed by atoms with Gasteiger partial charge in [-0.2, -0.15) is 0 Å². The second kappa shape index (κ2) is 5.07. The molecule has 0 radical (unpaired) electrons. The minimum atomic E-state index is -1.15. The van der Waals surface area contributed by atoms with Gasteiger partial charge in [0.05, 0.1) is 18.4 Å². The highest BCUT2D eigenvalue weighted by Crippen LogP contribution is 2.27. The van der Waals surface area contributed by atoms with Crippen molar-refractivity contribution in [3.63, 3.8) is 0 Å². The zero-order valence-electron chi connectivity index (χ0n) is 10.1. The highest BCUT2D eigenvalue weighted by molar-refractivity contribution is 5.65. The van der Waals surface area contributed by atoms with Crippen molar-refractivity contribution in [2.45, 2.75) is 33.2 Å².